The molecule has 6 heteroatoms. The molecule has 1 rings (SSSR count). The molecule has 0 saturated heterocycles. The Morgan fingerprint density at radius 2 is 2.08 bits per heavy atom. The Balaban J connectivity index is 2.68. The van der Waals surface area contributed by atoms with Crippen LogP contribution in [0.2, 0.25) is 0 Å². The minimum atomic E-state index is -3.60. The number of halogens is 1. The van der Waals surface area contributed by atoms with E-state index in [4.69, 9.17) is 10.7 Å². The van der Waals surface area contributed by atoms with Gasteiger partial charge < -0.3 is 4.74 Å². The predicted molar refractivity (Wildman–Crippen MR) is 43.3 cm³/mol. The Labute approximate surface area is 75.3 Å². The van der Waals surface area contributed by atoms with Crippen molar-refractivity contribution >= 4 is 25.7 Å². The summed E-state index contributed by atoms with van der Waals surface area (Å²) in [5, 5.41) is -0.744. The second kappa shape index (κ2) is 3.22. The van der Waals surface area contributed by atoms with Crippen LogP contribution in [0, 0.1) is 5.92 Å². The molecule has 12 heavy (non-hydrogen) atoms. The lowest BCUT2D eigenvalue weighted by atomic mass is 9.85. The zero-order valence-electron chi connectivity index (χ0n) is 6.49. The Morgan fingerprint density at radius 3 is 2.33 bits per heavy atom. The Bertz CT molecular complexity index is 284. The molecule has 1 fully saturated rings. The fourth-order valence-electron chi connectivity index (χ4n) is 1.23. The molecule has 2 atom stereocenters. The van der Waals surface area contributed by atoms with Gasteiger partial charge in [-0.3, -0.25) is 4.79 Å². The Hall–Kier alpha value is -0.290. The molecule has 4 nitrogen and oxygen atoms in total. The molecule has 0 heterocycles. The summed E-state index contributed by atoms with van der Waals surface area (Å²) in [7, 11) is 2.73. The molecule has 0 spiro atoms. The SMILES string of the molecule is COC(=O)[C@@H]1CC[C@H]1S(=O)(=O)Cl. The molecule has 0 aromatic rings. The molecule has 1 aliphatic rings. The van der Waals surface area contributed by atoms with Gasteiger partial charge in [0.1, 0.15) is 0 Å². The molecule has 0 bridgehead atoms. The van der Waals surface area contributed by atoms with Gasteiger partial charge >= 0.3 is 5.97 Å². The number of hydrogen-bond donors (Lipinski definition) is 0. The van der Waals surface area contributed by atoms with Crippen molar-refractivity contribution in [2.45, 2.75) is 18.1 Å². The summed E-state index contributed by atoms with van der Waals surface area (Å²) in [4.78, 5) is 10.9. The molecule has 70 valence electrons. The highest BCUT2D eigenvalue weighted by atomic mass is 35.7. The number of rotatable bonds is 2. The third kappa shape index (κ3) is 1.72. The quantitative estimate of drug-likeness (QED) is 0.494. The highest BCUT2D eigenvalue weighted by Gasteiger charge is 2.44. The summed E-state index contributed by atoms with van der Waals surface area (Å²) >= 11 is 0. The van der Waals surface area contributed by atoms with Gasteiger partial charge in [-0.05, 0) is 12.8 Å². The summed E-state index contributed by atoms with van der Waals surface area (Å²) in [6.07, 6.45) is 0.995. The van der Waals surface area contributed by atoms with Gasteiger partial charge in [0.05, 0.1) is 18.3 Å². The van der Waals surface area contributed by atoms with Crippen LogP contribution in [0.4, 0.5) is 0 Å². The normalized spacial score (nSPS) is 29.2. The van der Waals surface area contributed by atoms with Gasteiger partial charge in [0.15, 0.2) is 0 Å². The van der Waals surface area contributed by atoms with Crippen LogP contribution >= 0.6 is 10.7 Å². The molecular formula is C6H9ClO4S. The number of carbonyl (C=O) groups excluding carboxylic acids is 1. The maximum absolute atomic E-state index is 10.9. The lowest BCUT2D eigenvalue weighted by molar-refractivity contribution is -0.147. The minimum absolute atomic E-state index is 0.450. The van der Waals surface area contributed by atoms with Crippen LogP contribution in [0.5, 0.6) is 0 Å². The second-order valence-electron chi connectivity index (χ2n) is 2.72. The zero-order chi connectivity index (χ0) is 9.35. The zero-order valence-corrected chi connectivity index (χ0v) is 8.06. The lowest BCUT2D eigenvalue weighted by Crippen LogP contribution is -2.41. The second-order valence-corrected chi connectivity index (χ2v) is 5.57. The van der Waals surface area contributed by atoms with Crippen LogP contribution in [0.1, 0.15) is 12.8 Å². The maximum atomic E-state index is 10.9. The van der Waals surface area contributed by atoms with Crippen molar-refractivity contribution in [1.82, 2.24) is 0 Å². The van der Waals surface area contributed by atoms with E-state index in [2.05, 4.69) is 4.74 Å². The van der Waals surface area contributed by atoms with E-state index < -0.39 is 26.2 Å². The first kappa shape index (κ1) is 9.80. The maximum Gasteiger partial charge on any atom is 0.310 e. The van der Waals surface area contributed by atoms with Crippen LogP contribution < -0.4 is 0 Å². The molecule has 0 aromatic carbocycles. The van der Waals surface area contributed by atoms with Crippen molar-refractivity contribution in [2.75, 3.05) is 7.11 Å². The van der Waals surface area contributed by atoms with Gasteiger partial charge in [-0.2, -0.15) is 0 Å². The van der Waals surface area contributed by atoms with E-state index in [1.54, 1.807) is 0 Å². The summed E-state index contributed by atoms with van der Waals surface area (Å²) in [6.45, 7) is 0. The Kier molecular flexibility index (Phi) is 2.63. The van der Waals surface area contributed by atoms with Gasteiger partial charge in [-0.15, -0.1) is 0 Å². The van der Waals surface area contributed by atoms with Crippen LogP contribution in [0.3, 0.4) is 0 Å². The van der Waals surface area contributed by atoms with Gasteiger partial charge in [-0.25, -0.2) is 8.42 Å². The van der Waals surface area contributed by atoms with Gasteiger partial charge in [0, 0.05) is 10.7 Å². The first-order chi connectivity index (χ1) is 5.46. The number of hydrogen-bond acceptors (Lipinski definition) is 4. The van der Waals surface area contributed by atoms with E-state index in [1.807, 2.05) is 0 Å². The molecule has 1 saturated carbocycles. The molecule has 0 aliphatic heterocycles. The first-order valence-corrected chi connectivity index (χ1v) is 5.85. The van der Waals surface area contributed by atoms with E-state index in [0.29, 0.717) is 12.8 Å². The van der Waals surface area contributed by atoms with Crippen molar-refractivity contribution in [3.63, 3.8) is 0 Å². The Morgan fingerprint density at radius 1 is 1.50 bits per heavy atom. The molecule has 0 amide bonds. The molecular weight excluding hydrogens is 204 g/mol. The van der Waals surface area contributed by atoms with E-state index in [1.165, 1.54) is 7.11 Å². The third-order valence-corrected chi connectivity index (χ3v) is 4.05. The van der Waals surface area contributed by atoms with Crippen molar-refractivity contribution in [2.24, 2.45) is 5.92 Å². The fourth-order valence-corrected chi connectivity index (χ4v) is 2.92. The van der Waals surface area contributed by atoms with Crippen molar-refractivity contribution in [3.05, 3.63) is 0 Å². The van der Waals surface area contributed by atoms with Crippen LogP contribution in [0.25, 0.3) is 0 Å². The van der Waals surface area contributed by atoms with Gasteiger partial charge in [-0.1, -0.05) is 0 Å². The monoisotopic (exact) mass is 212 g/mol. The largest absolute Gasteiger partial charge is 0.469 e. The van der Waals surface area contributed by atoms with Crippen molar-refractivity contribution in [1.29, 1.82) is 0 Å². The van der Waals surface area contributed by atoms with Crippen molar-refractivity contribution in [3.8, 4) is 0 Å². The highest BCUT2D eigenvalue weighted by molar-refractivity contribution is 8.14. The lowest BCUT2D eigenvalue weighted by Gasteiger charge is -2.31. The number of ether oxygens (including phenoxy) is 1. The molecule has 0 N–H and O–H groups in total. The van der Waals surface area contributed by atoms with Crippen LogP contribution in [-0.4, -0.2) is 26.7 Å². The van der Waals surface area contributed by atoms with Crippen LogP contribution in [0.15, 0.2) is 0 Å². The molecule has 0 unspecified atom stereocenters. The van der Waals surface area contributed by atoms with Crippen molar-refractivity contribution < 1.29 is 17.9 Å². The number of esters is 1. The van der Waals surface area contributed by atoms with E-state index in [-0.39, 0.29) is 0 Å². The minimum Gasteiger partial charge on any atom is -0.469 e. The topological polar surface area (TPSA) is 60.4 Å². The number of carbonyl (C=O) groups is 1. The first-order valence-electron chi connectivity index (χ1n) is 3.48. The molecule has 0 aromatic heterocycles. The summed E-state index contributed by atoms with van der Waals surface area (Å²) < 4.78 is 26.0. The fraction of sp³-hybridized carbons (Fsp3) is 0.833. The highest BCUT2D eigenvalue weighted by Crippen LogP contribution is 2.35. The van der Waals surface area contributed by atoms with Gasteiger partial charge in [0.2, 0.25) is 9.05 Å². The average molecular weight is 213 g/mol. The summed E-state index contributed by atoms with van der Waals surface area (Å²) in [6, 6.07) is 0. The van der Waals surface area contributed by atoms with E-state index in [0.717, 1.165) is 0 Å². The third-order valence-electron chi connectivity index (χ3n) is 2.08. The smallest absolute Gasteiger partial charge is 0.310 e. The molecule has 1 aliphatic carbocycles. The predicted octanol–water partition coefficient (Wildman–Crippen LogP) is 0.507. The molecule has 0 radical (unpaired) electrons. The van der Waals surface area contributed by atoms with E-state index in [9.17, 15) is 13.2 Å². The number of methoxy groups -OCH3 is 1. The standard InChI is InChI=1S/C6H9ClO4S/c1-11-6(8)4-2-3-5(4)12(7,9)10/h4-5H,2-3H2,1H3/t4-,5-/m1/s1. The van der Waals surface area contributed by atoms with Gasteiger partial charge in [0.25, 0.3) is 0 Å². The van der Waals surface area contributed by atoms with E-state index >= 15 is 0 Å². The summed E-state index contributed by atoms with van der Waals surface area (Å²) in [5.74, 6) is -1.05. The average Bonchev–Trinajstić information content (AvgIpc) is 1.80. The summed E-state index contributed by atoms with van der Waals surface area (Å²) in [5.41, 5.74) is 0. The van der Waals surface area contributed by atoms with Crippen LogP contribution in [-0.2, 0) is 18.6 Å².